The van der Waals surface area contributed by atoms with Crippen molar-refractivity contribution in [1.29, 1.82) is 0 Å². The van der Waals surface area contributed by atoms with E-state index in [1.54, 1.807) is 11.3 Å². The summed E-state index contributed by atoms with van der Waals surface area (Å²) in [5.74, 6) is 0. The molecule has 2 rings (SSSR count). The zero-order chi connectivity index (χ0) is 14.0. The molecular weight excluding hydrogens is 364 g/mol. The monoisotopic (exact) mass is 374 g/mol. The van der Waals surface area contributed by atoms with E-state index in [0.717, 1.165) is 16.7 Å². The summed E-state index contributed by atoms with van der Waals surface area (Å²) in [7, 11) is 2.03. The smallest absolute Gasteiger partial charge is 0.105 e. The largest absolute Gasteiger partial charge is 0.389 e. The molecule has 1 heterocycles. The summed E-state index contributed by atoms with van der Waals surface area (Å²) in [6.45, 7) is 0.832. The van der Waals surface area contributed by atoms with Crippen molar-refractivity contribution in [3.63, 3.8) is 0 Å². The van der Waals surface area contributed by atoms with Gasteiger partial charge in [-0.1, -0.05) is 23.8 Å². The highest BCUT2D eigenvalue weighted by Crippen LogP contribution is 2.26. The van der Waals surface area contributed by atoms with Gasteiger partial charge in [-0.15, -0.1) is 11.3 Å². The summed E-state index contributed by atoms with van der Waals surface area (Å²) >= 11 is 16.3. The van der Waals surface area contributed by atoms with Crippen LogP contribution in [0.25, 0.3) is 0 Å². The minimum absolute atomic E-state index is 0.321. The Hall–Kier alpha value is -0.620. The van der Waals surface area contributed by atoms with E-state index in [0.29, 0.717) is 15.6 Å². The lowest BCUT2D eigenvalue weighted by molar-refractivity contribution is 0.940. The first-order valence-corrected chi connectivity index (χ1v) is 7.96. The highest BCUT2D eigenvalue weighted by molar-refractivity contribution is 9.10. The lowest BCUT2D eigenvalue weighted by atomic mass is 10.2. The summed E-state index contributed by atoms with van der Waals surface area (Å²) in [5.41, 5.74) is 7.35. The van der Waals surface area contributed by atoms with Crippen molar-refractivity contribution < 1.29 is 0 Å². The van der Waals surface area contributed by atoms with Gasteiger partial charge in [-0.3, -0.25) is 0 Å². The highest BCUT2D eigenvalue weighted by Gasteiger charge is 2.08. The van der Waals surface area contributed by atoms with Gasteiger partial charge in [0.05, 0.1) is 11.6 Å². The molecule has 1 aromatic carbocycles. The predicted molar refractivity (Wildman–Crippen MR) is 91.5 cm³/mol. The molecule has 6 heteroatoms. The van der Waals surface area contributed by atoms with Crippen molar-refractivity contribution >= 4 is 61.8 Å². The van der Waals surface area contributed by atoms with Crippen LogP contribution in [0.4, 0.5) is 5.69 Å². The van der Waals surface area contributed by atoms with Gasteiger partial charge in [-0.25, -0.2) is 0 Å². The second-order valence-corrected chi connectivity index (χ2v) is 6.87. The summed E-state index contributed by atoms with van der Waals surface area (Å²) in [6, 6.07) is 7.84. The first kappa shape index (κ1) is 14.8. The molecule has 0 unspecified atom stereocenters. The SMILES string of the molecule is CN(Cc1cc(Br)cs1)c1ccc(C(N)=S)c(Cl)c1. The maximum absolute atomic E-state index is 6.18. The second kappa shape index (κ2) is 6.22. The summed E-state index contributed by atoms with van der Waals surface area (Å²) in [5, 5.41) is 2.66. The molecule has 0 amide bonds. The molecule has 0 radical (unpaired) electrons. The Morgan fingerprint density at radius 2 is 2.21 bits per heavy atom. The molecule has 0 spiro atoms. The molecule has 0 atom stereocenters. The lowest BCUT2D eigenvalue weighted by Crippen LogP contribution is -2.16. The average Bonchev–Trinajstić information content (AvgIpc) is 2.74. The molecule has 0 fully saturated rings. The van der Waals surface area contributed by atoms with Crippen LogP contribution in [0.15, 0.2) is 34.1 Å². The van der Waals surface area contributed by atoms with Gasteiger partial charge in [-0.2, -0.15) is 0 Å². The van der Waals surface area contributed by atoms with E-state index in [1.807, 2.05) is 25.2 Å². The van der Waals surface area contributed by atoms with Crippen LogP contribution in [0.2, 0.25) is 5.02 Å². The van der Waals surface area contributed by atoms with Crippen LogP contribution in [0.3, 0.4) is 0 Å². The van der Waals surface area contributed by atoms with Gasteiger partial charge in [-0.05, 0) is 40.2 Å². The fourth-order valence-corrected chi connectivity index (χ4v) is 3.72. The third-order valence-corrected chi connectivity index (χ3v) is 4.89. The Morgan fingerprint density at radius 3 is 2.74 bits per heavy atom. The van der Waals surface area contributed by atoms with Crippen LogP contribution in [-0.4, -0.2) is 12.0 Å². The van der Waals surface area contributed by atoms with Crippen molar-refractivity contribution in [1.82, 2.24) is 0 Å². The van der Waals surface area contributed by atoms with Gasteiger partial charge in [0.2, 0.25) is 0 Å². The van der Waals surface area contributed by atoms with Crippen LogP contribution in [0, 0.1) is 0 Å². The van der Waals surface area contributed by atoms with Gasteiger partial charge in [0, 0.05) is 33.0 Å². The number of hydrogen-bond acceptors (Lipinski definition) is 3. The highest BCUT2D eigenvalue weighted by atomic mass is 79.9. The Labute approximate surface area is 135 Å². The molecule has 1 aromatic heterocycles. The molecule has 0 aliphatic rings. The van der Waals surface area contributed by atoms with Gasteiger partial charge < -0.3 is 10.6 Å². The van der Waals surface area contributed by atoms with Crippen LogP contribution in [0.5, 0.6) is 0 Å². The minimum Gasteiger partial charge on any atom is -0.389 e. The summed E-state index contributed by atoms with van der Waals surface area (Å²) in [6.07, 6.45) is 0. The topological polar surface area (TPSA) is 29.3 Å². The van der Waals surface area contributed by atoms with E-state index < -0.39 is 0 Å². The van der Waals surface area contributed by atoms with Crippen LogP contribution in [0.1, 0.15) is 10.4 Å². The Morgan fingerprint density at radius 1 is 1.47 bits per heavy atom. The fourth-order valence-electron chi connectivity index (χ4n) is 1.70. The maximum Gasteiger partial charge on any atom is 0.105 e. The molecule has 0 saturated carbocycles. The molecule has 19 heavy (non-hydrogen) atoms. The molecule has 0 bridgehead atoms. The van der Waals surface area contributed by atoms with Crippen LogP contribution in [-0.2, 0) is 6.54 Å². The van der Waals surface area contributed by atoms with E-state index in [4.69, 9.17) is 29.6 Å². The number of thiocarbonyl (C=S) groups is 1. The number of nitrogens with zero attached hydrogens (tertiary/aromatic N) is 1. The number of rotatable bonds is 4. The molecule has 0 aliphatic carbocycles. The number of thiophene rings is 1. The third kappa shape index (κ3) is 3.69. The van der Waals surface area contributed by atoms with Crippen molar-refractivity contribution in [3.05, 3.63) is 49.6 Å². The quantitative estimate of drug-likeness (QED) is 0.801. The number of hydrogen-bond donors (Lipinski definition) is 1. The van der Waals surface area contributed by atoms with E-state index >= 15 is 0 Å². The van der Waals surface area contributed by atoms with E-state index in [9.17, 15) is 0 Å². The van der Waals surface area contributed by atoms with E-state index in [1.165, 1.54) is 4.88 Å². The standard InChI is InChI=1S/C13H12BrClN2S2/c1-17(6-10-4-8(14)7-19-10)9-2-3-11(13(16)18)12(15)5-9/h2-5,7H,6H2,1H3,(H2,16,18). The minimum atomic E-state index is 0.321. The van der Waals surface area contributed by atoms with Crippen molar-refractivity contribution in [2.75, 3.05) is 11.9 Å². The average molecular weight is 376 g/mol. The van der Waals surface area contributed by atoms with Crippen LogP contribution < -0.4 is 10.6 Å². The molecular formula is C13H12BrClN2S2. The normalized spacial score (nSPS) is 10.5. The van der Waals surface area contributed by atoms with Crippen molar-refractivity contribution in [2.24, 2.45) is 5.73 Å². The van der Waals surface area contributed by atoms with Gasteiger partial charge in [0.1, 0.15) is 4.99 Å². The zero-order valence-electron chi connectivity index (χ0n) is 10.2. The van der Waals surface area contributed by atoms with Crippen molar-refractivity contribution in [3.8, 4) is 0 Å². The number of nitrogens with two attached hydrogens (primary N) is 1. The number of benzene rings is 1. The molecule has 0 saturated heterocycles. The maximum atomic E-state index is 6.18. The van der Waals surface area contributed by atoms with Gasteiger partial charge in [0.25, 0.3) is 0 Å². The summed E-state index contributed by atoms with van der Waals surface area (Å²) in [4.78, 5) is 3.73. The molecule has 2 N–H and O–H groups in total. The zero-order valence-corrected chi connectivity index (χ0v) is 14.2. The Bertz CT molecular complexity index is 612. The van der Waals surface area contributed by atoms with Crippen molar-refractivity contribution in [2.45, 2.75) is 6.54 Å². The van der Waals surface area contributed by atoms with E-state index in [2.05, 4.69) is 32.3 Å². The number of halogens is 2. The van der Waals surface area contributed by atoms with Gasteiger partial charge >= 0.3 is 0 Å². The first-order chi connectivity index (χ1) is 8.97. The third-order valence-electron chi connectivity index (χ3n) is 2.67. The molecule has 2 nitrogen and oxygen atoms in total. The molecule has 100 valence electrons. The Kier molecular flexibility index (Phi) is 4.84. The summed E-state index contributed by atoms with van der Waals surface area (Å²) < 4.78 is 1.11. The fraction of sp³-hybridized carbons (Fsp3) is 0.154. The predicted octanol–water partition coefficient (Wildman–Crippen LogP) is 4.43. The lowest BCUT2D eigenvalue weighted by Gasteiger charge is -2.19. The molecule has 0 aliphatic heterocycles. The first-order valence-electron chi connectivity index (χ1n) is 5.51. The van der Waals surface area contributed by atoms with E-state index in [-0.39, 0.29) is 0 Å². The second-order valence-electron chi connectivity index (χ2n) is 4.12. The molecule has 2 aromatic rings. The Balaban J connectivity index is 2.17. The van der Waals surface area contributed by atoms with Crippen LogP contribution >= 0.6 is 51.1 Å². The number of anilines is 1. The van der Waals surface area contributed by atoms with Gasteiger partial charge in [0.15, 0.2) is 0 Å².